The van der Waals surface area contributed by atoms with Crippen LogP contribution in [0.15, 0.2) is 36.3 Å². The molecular formula is C26H33N9O2S. The van der Waals surface area contributed by atoms with Crippen molar-refractivity contribution in [2.24, 2.45) is 0 Å². The van der Waals surface area contributed by atoms with Gasteiger partial charge in [-0.25, -0.2) is 15.0 Å². The molecule has 0 bridgehead atoms. The van der Waals surface area contributed by atoms with Gasteiger partial charge in [0.15, 0.2) is 0 Å². The van der Waals surface area contributed by atoms with Gasteiger partial charge in [-0.3, -0.25) is 4.90 Å². The molecular weight excluding hydrogens is 502 g/mol. The number of pyridine rings is 1. The van der Waals surface area contributed by atoms with Crippen molar-refractivity contribution in [3.8, 4) is 0 Å². The highest BCUT2D eigenvalue weighted by molar-refractivity contribution is 7.19. The molecule has 12 heteroatoms. The van der Waals surface area contributed by atoms with Crippen LogP contribution in [0.25, 0.3) is 15.8 Å². The van der Waals surface area contributed by atoms with E-state index in [1.807, 2.05) is 31.5 Å². The smallest absolute Gasteiger partial charge is 0.227 e. The first-order valence-electron chi connectivity index (χ1n) is 13.1. The van der Waals surface area contributed by atoms with Crippen LogP contribution in [-0.4, -0.2) is 107 Å². The molecule has 2 fully saturated rings. The van der Waals surface area contributed by atoms with Crippen molar-refractivity contribution in [3.05, 3.63) is 47.0 Å². The molecule has 0 aliphatic carbocycles. The Labute approximate surface area is 225 Å². The minimum atomic E-state index is 0.188. The number of aliphatic hydroxyl groups excluding tert-OH is 1. The maximum absolute atomic E-state index is 9.20. The van der Waals surface area contributed by atoms with E-state index in [2.05, 4.69) is 41.4 Å². The van der Waals surface area contributed by atoms with Crippen molar-refractivity contribution in [1.29, 1.82) is 0 Å². The van der Waals surface area contributed by atoms with Crippen LogP contribution in [0.4, 0.5) is 17.6 Å². The van der Waals surface area contributed by atoms with Gasteiger partial charge < -0.3 is 30.3 Å². The van der Waals surface area contributed by atoms with Crippen molar-refractivity contribution in [3.63, 3.8) is 0 Å². The summed E-state index contributed by atoms with van der Waals surface area (Å²) in [5.74, 6) is 2.13. The number of piperazine rings is 1. The largest absolute Gasteiger partial charge is 0.395 e. The highest BCUT2D eigenvalue weighted by atomic mass is 32.1. The van der Waals surface area contributed by atoms with Crippen LogP contribution >= 0.6 is 11.3 Å². The number of thiazole rings is 1. The molecule has 2 saturated heterocycles. The predicted octanol–water partition coefficient (Wildman–Crippen LogP) is 1.81. The van der Waals surface area contributed by atoms with E-state index in [1.165, 1.54) is 5.70 Å². The van der Waals surface area contributed by atoms with E-state index in [4.69, 9.17) is 14.7 Å². The van der Waals surface area contributed by atoms with Crippen LogP contribution < -0.4 is 15.5 Å². The number of anilines is 3. The molecule has 6 rings (SSSR count). The molecule has 3 aliphatic heterocycles. The fraction of sp³-hybridized carbons (Fsp3) is 0.462. The molecule has 0 atom stereocenters. The SMILES string of the molecule is Cc1cc(Nc2cc3nc(C4=CNCC(N5CCOCC5)=C4)sc3cn2)nc(N2CCN(CCO)CC2)n1. The van der Waals surface area contributed by atoms with Gasteiger partial charge in [0.1, 0.15) is 16.6 Å². The summed E-state index contributed by atoms with van der Waals surface area (Å²) < 4.78 is 6.55. The molecule has 0 saturated carbocycles. The number of nitrogens with zero attached hydrogens (tertiary/aromatic N) is 7. The number of aliphatic hydroxyl groups is 1. The average molecular weight is 536 g/mol. The molecule has 200 valence electrons. The summed E-state index contributed by atoms with van der Waals surface area (Å²) >= 11 is 1.65. The van der Waals surface area contributed by atoms with Crippen LogP contribution in [0, 0.1) is 6.92 Å². The Hall–Kier alpha value is -3.32. The minimum Gasteiger partial charge on any atom is -0.395 e. The molecule has 38 heavy (non-hydrogen) atoms. The van der Waals surface area contributed by atoms with Crippen LogP contribution in [0.3, 0.4) is 0 Å². The van der Waals surface area contributed by atoms with Crippen LogP contribution in [0.2, 0.25) is 0 Å². The molecule has 0 radical (unpaired) electrons. The van der Waals surface area contributed by atoms with Crippen molar-refractivity contribution in [2.75, 3.05) is 82.4 Å². The third kappa shape index (κ3) is 5.58. The Kier molecular flexibility index (Phi) is 7.36. The molecule has 0 amide bonds. The molecule has 11 nitrogen and oxygen atoms in total. The first-order valence-corrected chi connectivity index (χ1v) is 13.9. The Balaban J connectivity index is 1.17. The van der Waals surface area contributed by atoms with E-state index in [9.17, 15) is 5.11 Å². The van der Waals surface area contributed by atoms with E-state index < -0.39 is 0 Å². The molecule has 3 aromatic rings. The van der Waals surface area contributed by atoms with Crippen molar-refractivity contribution >= 4 is 44.7 Å². The second-order valence-electron chi connectivity index (χ2n) is 9.64. The lowest BCUT2D eigenvalue weighted by molar-refractivity contribution is 0.0527. The van der Waals surface area contributed by atoms with Gasteiger partial charge in [-0.05, 0) is 13.0 Å². The zero-order valence-electron chi connectivity index (χ0n) is 21.6. The maximum Gasteiger partial charge on any atom is 0.227 e. The van der Waals surface area contributed by atoms with Gasteiger partial charge in [-0.2, -0.15) is 4.98 Å². The van der Waals surface area contributed by atoms with Crippen LogP contribution in [0.1, 0.15) is 10.7 Å². The topological polar surface area (TPSA) is 115 Å². The number of allylic oxidation sites excluding steroid dienone is 2. The summed E-state index contributed by atoms with van der Waals surface area (Å²) in [7, 11) is 0. The van der Waals surface area contributed by atoms with Crippen LogP contribution in [-0.2, 0) is 4.74 Å². The van der Waals surface area contributed by atoms with Gasteiger partial charge in [0.25, 0.3) is 0 Å². The molecule has 6 heterocycles. The molecule has 3 aliphatic rings. The third-order valence-corrected chi connectivity index (χ3v) is 8.03. The number of aryl methyl sites for hydroxylation is 1. The molecule has 0 spiro atoms. The number of β-amino-alcohol motifs (C(OH)–C–C–N with tert-alkyl or cyclic N) is 1. The Morgan fingerprint density at radius 2 is 1.87 bits per heavy atom. The second-order valence-corrected chi connectivity index (χ2v) is 10.7. The normalized spacial score (nSPS) is 18.8. The number of dihydropyridines is 1. The third-order valence-electron chi connectivity index (χ3n) is 6.97. The van der Waals surface area contributed by atoms with Crippen LogP contribution in [0.5, 0.6) is 0 Å². The lowest BCUT2D eigenvalue weighted by Gasteiger charge is -2.34. The molecule has 3 N–H and O–H groups in total. The Morgan fingerprint density at radius 1 is 1.03 bits per heavy atom. The lowest BCUT2D eigenvalue weighted by atomic mass is 10.1. The standard InChI is InChI=1S/C26H33N9O2S/c1-18-12-24(32-26(29-18)35-4-2-33(3-5-35)6-9-36)31-23-14-21-22(17-28-23)38-25(30-21)19-13-20(16-27-15-19)34-7-10-37-11-8-34/h12-15,17,27,36H,2-11,16H2,1H3,(H,28,29,31,32). The van der Waals surface area contributed by atoms with E-state index in [-0.39, 0.29) is 6.61 Å². The summed E-state index contributed by atoms with van der Waals surface area (Å²) in [5.41, 5.74) is 4.16. The number of hydrogen-bond acceptors (Lipinski definition) is 12. The Bertz CT molecular complexity index is 1340. The number of aromatic nitrogens is 4. The zero-order valence-corrected chi connectivity index (χ0v) is 22.4. The second kappa shape index (κ2) is 11.2. The zero-order chi connectivity index (χ0) is 25.9. The number of morpholine rings is 1. The average Bonchev–Trinajstić information content (AvgIpc) is 3.38. The number of hydrogen-bond donors (Lipinski definition) is 3. The van der Waals surface area contributed by atoms with Gasteiger partial charge in [0.05, 0.1) is 36.6 Å². The van der Waals surface area contributed by atoms with Crippen molar-refractivity contribution in [2.45, 2.75) is 6.92 Å². The van der Waals surface area contributed by atoms with Crippen molar-refractivity contribution in [1.82, 2.24) is 35.1 Å². The van der Waals surface area contributed by atoms with Crippen molar-refractivity contribution < 1.29 is 9.84 Å². The van der Waals surface area contributed by atoms with Gasteiger partial charge in [0.2, 0.25) is 5.95 Å². The monoisotopic (exact) mass is 535 g/mol. The summed E-state index contributed by atoms with van der Waals surface area (Å²) in [6, 6.07) is 3.91. The van der Waals surface area contributed by atoms with Gasteiger partial charge in [-0.1, -0.05) is 0 Å². The fourth-order valence-corrected chi connectivity index (χ4v) is 5.85. The van der Waals surface area contributed by atoms with E-state index >= 15 is 0 Å². The fourth-order valence-electron chi connectivity index (χ4n) is 4.94. The highest BCUT2D eigenvalue weighted by Gasteiger charge is 2.20. The number of rotatable bonds is 7. The molecule has 0 unspecified atom stereocenters. The minimum absolute atomic E-state index is 0.188. The first-order chi connectivity index (χ1) is 18.6. The highest BCUT2D eigenvalue weighted by Crippen LogP contribution is 2.31. The van der Waals surface area contributed by atoms with E-state index in [0.717, 1.165) is 85.5 Å². The number of fused-ring (bicyclic) bond motifs is 1. The van der Waals surface area contributed by atoms with Gasteiger partial charge in [-0.15, -0.1) is 11.3 Å². The van der Waals surface area contributed by atoms with E-state index in [0.29, 0.717) is 24.1 Å². The van der Waals surface area contributed by atoms with Gasteiger partial charge in [0, 0.05) is 87.3 Å². The lowest BCUT2D eigenvalue weighted by Crippen LogP contribution is -2.47. The molecule has 0 aromatic carbocycles. The first kappa shape index (κ1) is 25.0. The predicted molar refractivity (Wildman–Crippen MR) is 150 cm³/mol. The number of nitrogens with one attached hydrogen (secondary N) is 2. The summed E-state index contributed by atoms with van der Waals surface area (Å²) in [5, 5.41) is 16.9. The molecule has 3 aromatic heterocycles. The quantitative estimate of drug-likeness (QED) is 0.411. The maximum atomic E-state index is 9.20. The summed E-state index contributed by atoms with van der Waals surface area (Å²) in [6.45, 7) is 10.5. The summed E-state index contributed by atoms with van der Waals surface area (Å²) in [6.07, 6.45) is 6.15. The van der Waals surface area contributed by atoms with E-state index in [1.54, 1.807) is 11.3 Å². The number of ether oxygens (including phenoxy) is 1. The van der Waals surface area contributed by atoms with Gasteiger partial charge >= 0.3 is 0 Å². The Morgan fingerprint density at radius 3 is 2.68 bits per heavy atom. The summed E-state index contributed by atoms with van der Waals surface area (Å²) in [4.78, 5) is 25.8.